The van der Waals surface area contributed by atoms with Crippen molar-refractivity contribution in [1.29, 1.82) is 0 Å². The molecule has 0 aliphatic heterocycles. The van der Waals surface area contributed by atoms with Crippen LogP contribution in [0.1, 0.15) is 27.2 Å². The van der Waals surface area contributed by atoms with E-state index in [0.717, 1.165) is 11.1 Å². The highest BCUT2D eigenvalue weighted by atomic mass is 16.4. The molecule has 1 heterocycles. The number of aryl methyl sites for hydroxylation is 1. The molecule has 0 bridgehead atoms. The molecular formula is C16H14O5. The Hall–Kier alpha value is -2.82. The minimum atomic E-state index is -1.55. The highest BCUT2D eigenvalue weighted by Gasteiger charge is 2.16. The average Bonchev–Trinajstić information content (AvgIpc) is 2.89. The number of aliphatic carboxylic acids is 1. The highest BCUT2D eigenvalue weighted by molar-refractivity contribution is 6.08. The van der Waals surface area contributed by atoms with Gasteiger partial charge in [-0.3, -0.25) is 4.79 Å². The van der Waals surface area contributed by atoms with Gasteiger partial charge in [0.2, 0.25) is 5.76 Å². The molecule has 0 spiro atoms. The smallest absolute Gasteiger partial charge is 0.371 e. The minimum absolute atomic E-state index is 0.239. The molecule has 2 rings (SSSR count). The number of aliphatic hydroxyl groups excluding tert-OH is 1. The summed E-state index contributed by atoms with van der Waals surface area (Å²) in [6.45, 7) is 1.98. The SMILES string of the molecule is Cc1ccc(Cc2occc2C(=O)C=C(O)C(=O)O)cc1. The fourth-order valence-corrected chi connectivity index (χ4v) is 1.85. The Kier molecular flexibility index (Phi) is 4.23. The molecule has 0 saturated carbocycles. The first-order valence-corrected chi connectivity index (χ1v) is 6.27. The number of carboxylic acids is 1. The molecule has 0 aliphatic carbocycles. The first-order chi connectivity index (χ1) is 9.97. The summed E-state index contributed by atoms with van der Waals surface area (Å²) >= 11 is 0. The molecule has 0 aliphatic rings. The lowest BCUT2D eigenvalue weighted by atomic mass is 10.0. The minimum Gasteiger partial charge on any atom is -0.502 e. The Balaban J connectivity index is 2.22. The van der Waals surface area contributed by atoms with Gasteiger partial charge in [0.25, 0.3) is 0 Å². The summed E-state index contributed by atoms with van der Waals surface area (Å²) in [6.07, 6.45) is 2.45. The van der Waals surface area contributed by atoms with Crippen molar-refractivity contribution in [2.75, 3.05) is 0 Å². The lowest BCUT2D eigenvalue weighted by molar-refractivity contribution is -0.135. The second-order valence-electron chi connectivity index (χ2n) is 4.62. The number of hydrogen-bond donors (Lipinski definition) is 2. The summed E-state index contributed by atoms with van der Waals surface area (Å²) < 4.78 is 5.28. The summed E-state index contributed by atoms with van der Waals surface area (Å²) in [7, 11) is 0. The molecule has 2 aromatic rings. The molecule has 0 unspecified atom stereocenters. The van der Waals surface area contributed by atoms with Gasteiger partial charge in [0.05, 0.1) is 11.8 Å². The summed E-state index contributed by atoms with van der Waals surface area (Å²) in [6, 6.07) is 9.22. The predicted molar refractivity (Wildman–Crippen MR) is 75.4 cm³/mol. The number of benzene rings is 1. The molecule has 0 saturated heterocycles. The van der Waals surface area contributed by atoms with Crippen LogP contribution in [0, 0.1) is 6.92 Å². The maximum atomic E-state index is 11.9. The van der Waals surface area contributed by atoms with Crippen LogP contribution in [0.5, 0.6) is 0 Å². The monoisotopic (exact) mass is 286 g/mol. The van der Waals surface area contributed by atoms with Crippen LogP contribution >= 0.6 is 0 Å². The Morgan fingerprint density at radius 1 is 1.14 bits per heavy atom. The van der Waals surface area contributed by atoms with Crippen LogP contribution in [0.15, 0.2) is 52.8 Å². The highest BCUT2D eigenvalue weighted by Crippen LogP contribution is 2.17. The molecule has 5 heteroatoms. The molecule has 5 nitrogen and oxygen atoms in total. The van der Waals surface area contributed by atoms with Gasteiger partial charge in [-0.15, -0.1) is 0 Å². The first-order valence-electron chi connectivity index (χ1n) is 6.27. The lowest BCUT2D eigenvalue weighted by Crippen LogP contribution is -2.05. The Morgan fingerprint density at radius 3 is 2.43 bits per heavy atom. The van der Waals surface area contributed by atoms with Gasteiger partial charge in [0.1, 0.15) is 5.76 Å². The fourth-order valence-electron chi connectivity index (χ4n) is 1.85. The number of carboxylic acid groups (broad SMARTS) is 1. The topological polar surface area (TPSA) is 87.7 Å². The zero-order valence-electron chi connectivity index (χ0n) is 11.4. The van der Waals surface area contributed by atoms with Crippen molar-refractivity contribution < 1.29 is 24.2 Å². The first kappa shape index (κ1) is 14.6. The van der Waals surface area contributed by atoms with E-state index in [1.807, 2.05) is 31.2 Å². The molecule has 0 atom stereocenters. The van der Waals surface area contributed by atoms with E-state index in [-0.39, 0.29) is 5.56 Å². The molecule has 21 heavy (non-hydrogen) atoms. The quantitative estimate of drug-likeness (QED) is 0.501. The van der Waals surface area contributed by atoms with Crippen LogP contribution in [0.25, 0.3) is 0 Å². The van der Waals surface area contributed by atoms with Crippen molar-refractivity contribution in [1.82, 2.24) is 0 Å². The van der Waals surface area contributed by atoms with E-state index in [4.69, 9.17) is 14.6 Å². The van der Waals surface area contributed by atoms with Gasteiger partial charge in [0, 0.05) is 12.5 Å². The van der Waals surface area contributed by atoms with Gasteiger partial charge >= 0.3 is 5.97 Å². The van der Waals surface area contributed by atoms with E-state index in [2.05, 4.69) is 0 Å². The van der Waals surface area contributed by atoms with Gasteiger partial charge in [-0.25, -0.2) is 4.79 Å². The van der Waals surface area contributed by atoms with Gasteiger partial charge in [-0.05, 0) is 18.6 Å². The molecule has 108 valence electrons. The molecule has 1 aromatic carbocycles. The Labute approximate surface area is 121 Å². The van der Waals surface area contributed by atoms with E-state index >= 15 is 0 Å². The molecule has 0 radical (unpaired) electrons. The van der Waals surface area contributed by atoms with Crippen LogP contribution in [-0.4, -0.2) is 22.0 Å². The summed E-state index contributed by atoms with van der Waals surface area (Å²) in [5.41, 5.74) is 2.34. The second kappa shape index (κ2) is 6.09. The molecule has 0 amide bonds. The van der Waals surface area contributed by atoms with Crippen molar-refractivity contribution in [2.24, 2.45) is 0 Å². The third kappa shape index (κ3) is 3.60. The standard InChI is InChI=1S/C16H14O5/c1-10-2-4-11(5-3-10)8-15-12(6-7-21-15)13(17)9-14(18)16(19)20/h2-7,9,18H,8H2,1H3,(H,19,20). The number of furan rings is 1. The third-order valence-electron chi connectivity index (χ3n) is 2.98. The lowest BCUT2D eigenvalue weighted by Gasteiger charge is -2.02. The van der Waals surface area contributed by atoms with Crippen molar-refractivity contribution in [3.8, 4) is 0 Å². The fraction of sp³-hybridized carbons (Fsp3) is 0.125. The maximum absolute atomic E-state index is 11.9. The van der Waals surface area contributed by atoms with E-state index in [9.17, 15) is 9.59 Å². The van der Waals surface area contributed by atoms with Crippen molar-refractivity contribution in [2.45, 2.75) is 13.3 Å². The summed E-state index contributed by atoms with van der Waals surface area (Å²) in [5, 5.41) is 17.7. The maximum Gasteiger partial charge on any atom is 0.371 e. The molecule has 2 N–H and O–H groups in total. The van der Waals surface area contributed by atoms with Gasteiger partial charge in [-0.1, -0.05) is 29.8 Å². The third-order valence-corrected chi connectivity index (χ3v) is 2.98. The van der Waals surface area contributed by atoms with Crippen molar-refractivity contribution in [3.05, 3.63) is 70.9 Å². The van der Waals surface area contributed by atoms with E-state index in [0.29, 0.717) is 18.3 Å². The van der Waals surface area contributed by atoms with E-state index in [1.54, 1.807) is 0 Å². The van der Waals surface area contributed by atoms with Crippen LogP contribution in [0.3, 0.4) is 0 Å². The summed E-state index contributed by atoms with van der Waals surface area (Å²) in [5.74, 6) is -2.72. The van der Waals surface area contributed by atoms with Crippen LogP contribution in [0.4, 0.5) is 0 Å². The van der Waals surface area contributed by atoms with Crippen LogP contribution in [0.2, 0.25) is 0 Å². The largest absolute Gasteiger partial charge is 0.502 e. The van der Waals surface area contributed by atoms with Crippen LogP contribution < -0.4 is 0 Å². The molecule has 1 aromatic heterocycles. The van der Waals surface area contributed by atoms with E-state index in [1.165, 1.54) is 12.3 Å². The van der Waals surface area contributed by atoms with Crippen molar-refractivity contribution in [3.63, 3.8) is 0 Å². The molecular weight excluding hydrogens is 272 g/mol. The zero-order chi connectivity index (χ0) is 15.4. The predicted octanol–water partition coefficient (Wildman–Crippen LogP) is 2.89. The zero-order valence-corrected chi connectivity index (χ0v) is 11.4. The van der Waals surface area contributed by atoms with Crippen LogP contribution in [-0.2, 0) is 11.2 Å². The number of aliphatic hydroxyl groups is 1. The van der Waals surface area contributed by atoms with Crippen molar-refractivity contribution >= 4 is 11.8 Å². The van der Waals surface area contributed by atoms with E-state index < -0.39 is 17.5 Å². The Morgan fingerprint density at radius 2 is 1.81 bits per heavy atom. The Bertz CT molecular complexity index is 692. The van der Waals surface area contributed by atoms with Gasteiger partial charge in [0.15, 0.2) is 5.78 Å². The normalized spacial score (nSPS) is 11.4. The number of allylic oxidation sites excluding steroid dienone is 1. The average molecular weight is 286 g/mol. The summed E-state index contributed by atoms with van der Waals surface area (Å²) in [4.78, 5) is 22.4. The number of carbonyl (C=O) groups excluding carboxylic acids is 1. The van der Waals surface area contributed by atoms with Gasteiger partial charge < -0.3 is 14.6 Å². The molecule has 0 fully saturated rings. The number of ketones is 1. The number of carbonyl (C=O) groups is 2. The number of hydrogen-bond acceptors (Lipinski definition) is 4. The van der Waals surface area contributed by atoms with Gasteiger partial charge in [-0.2, -0.15) is 0 Å². The number of rotatable bonds is 5. The second-order valence-corrected chi connectivity index (χ2v) is 4.62.